The fourth-order valence-electron chi connectivity index (χ4n) is 2.85. The monoisotopic (exact) mass is 321 g/mol. The van der Waals surface area contributed by atoms with Crippen LogP contribution in [0.5, 0.6) is 0 Å². The van der Waals surface area contributed by atoms with Crippen molar-refractivity contribution in [1.29, 1.82) is 0 Å². The first-order valence-corrected chi connectivity index (χ1v) is 8.87. The zero-order chi connectivity index (χ0) is 15.9. The zero-order valence-corrected chi connectivity index (χ0v) is 13.6. The van der Waals surface area contributed by atoms with Crippen LogP contribution in [0.4, 0.5) is 5.69 Å². The number of rotatable bonds is 1. The number of hydrazone groups is 1. The molecule has 2 aliphatic rings. The lowest BCUT2D eigenvalue weighted by molar-refractivity contribution is -0.124. The minimum Gasteiger partial charge on any atom is -0.337 e. The van der Waals surface area contributed by atoms with Gasteiger partial charge in [0.05, 0.1) is 10.6 Å². The number of likely N-dealkylation sites (tertiary alicyclic amines) is 1. The molecule has 6 nitrogen and oxygen atoms in total. The van der Waals surface area contributed by atoms with E-state index in [1.165, 1.54) is 5.01 Å². The Kier molecular flexibility index (Phi) is 3.68. The van der Waals surface area contributed by atoms with Crippen LogP contribution in [-0.4, -0.2) is 44.4 Å². The first-order chi connectivity index (χ1) is 10.4. The highest BCUT2D eigenvalue weighted by Crippen LogP contribution is 2.32. The number of aryl methyl sites for hydroxylation is 1. The lowest BCUT2D eigenvalue weighted by Gasteiger charge is -2.30. The number of fused-ring (bicyclic) bond motifs is 1. The van der Waals surface area contributed by atoms with Gasteiger partial charge in [0.1, 0.15) is 0 Å². The molecule has 0 radical (unpaired) electrons. The molecular weight excluding hydrogens is 302 g/mol. The average Bonchev–Trinajstić information content (AvgIpc) is 2.51. The standard InChI is InChI=1S/C15H19N3O3S/c1-11-6-7-13-12(10-11)17(2)16-14(22(13,20)21)15(19)18-8-4-3-5-9-18/h6-7,10H,3-5,8-9H2,1-2H3. The molecule has 1 fully saturated rings. The summed E-state index contributed by atoms with van der Waals surface area (Å²) in [5.74, 6) is -0.488. The summed E-state index contributed by atoms with van der Waals surface area (Å²) >= 11 is 0. The van der Waals surface area contributed by atoms with E-state index in [0.29, 0.717) is 18.8 Å². The van der Waals surface area contributed by atoms with Gasteiger partial charge in [-0.3, -0.25) is 9.80 Å². The maximum absolute atomic E-state index is 12.7. The van der Waals surface area contributed by atoms with E-state index < -0.39 is 15.7 Å². The molecule has 7 heteroatoms. The van der Waals surface area contributed by atoms with Crippen molar-refractivity contribution in [2.24, 2.45) is 5.10 Å². The third kappa shape index (κ3) is 2.39. The molecule has 1 aromatic carbocycles. The lowest BCUT2D eigenvalue weighted by Crippen LogP contribution is -2.45. The molecule has 22 heavy (non-hydrogen) atoms. The van der Waals surface area contributed by atoms with Crippen molar-refractivity contribution in [3.8, 4) is 0 Å². The molecule has 0 N–H and O–H groups in total. The maximum atomic E-state index is 12.7. The normalized spacial score (nSPS) is 20.4. The Labute approximate surface area is 130 Å². The lowest BCUT2D eigenvalue weighted by atomic mass is 10.1. The molecule has 0 aromatic heterocycles. The molecule has 0 unspecified atom stereocenters. The predicted octanol–water partition coefficient (Wildman–Crippen LogP) is 1.54. The van der Waals surface area contributed by atoms with Gasteiger partial charge < -0.3 is 4.90 Å². The summed E-state index contributed by atoms with van der Waals surface area (Å²) in [7, 11) is -2.20. The Morgan fingerprint density at radius 2 is 1.86 bits per heavy atom. The second kappa shape index (κ2) is 5.39. The summed E-state index contributed by atoms with van der Waals surface area (Å²) in [5.41, 5.74) is 1.46. The summed E-state index contributed by atoms with van der Waals surface area (Å²) in [6, 6.07) is 5.05. The summed E-state index contributed by atoms with van der Waals surface area (Å²) in [6.45, 7) is 3.08. The van der Waals surface area contributed by atoms with Gasteiger partial charge in [-0.15, -0.1) is 0 Å². The number of sulfone groups is 1. The first-order valence-electron chi connectivity index (χ1n) is 7.38. The fourth-order valence-corrected chi connectivity index (χ4v) is 4.36. The van der Waals surface area contributed by atoms with E-state index in [0.717, 1.165) is 24.8 Å². The quantitative estimate of drug-likeness (QED) is 0.787. The van der Waals surface area contributed by atoms with Crippen LogP contribution in [0.15, 0.2) is 28.2 Å². The van der Waals surface area contributed by atoms with E-state index in [-0.39, 0.29) is 9.94 Å². The number of hydrogen-bond donors (Lipinski definition) is 0. The molecule has 118 valence electrons. The van der Waals surface area contributed by atoms with E-state index in [4.69, 9.17) is 0 Å². The Hall–Kier alpha value is -1.89. The molecule has 2 heterocycles. The van der Waals surface area contributed by atoms with Crippen LogP contribution < -0.4 is 5.01 Å². The summed E-state index contributed by atoms with van der Waals surface area (Å²) < 4.78 is 25.5. The van der Waals surface area contributed by atoms with Gasteiger partial charge in [-0.25, -0.2) is 8.42 Å². The van der Waals surface area contributed by atoms with Crippen LogP contribution in [-0.2, 0) is 14.6 Å². The fraction of sp³-hybridized carbons (Fsp3) is 0.467. The number of carbonyl (C=O) groups is 1. The SMILES string of the molecule is Cc1ccc2c(c1)N(C)N=C(C(=O)N1CCCCC1)S2(=O)=O. The van der Waals surface area contributed by atoms with Crippen LogP contribution in [0.25, 0.3) is 0 Å². The van der Waals surface area contributed by atoms with E-state index >= 15 is 0 Å². The van der Waals surface area contributed by atoms with E-state index in [9.17, 15) is 13.2 Å². The first kappa shape index (κ1) is 15.0. The number of piperidine rings is 1. The van der Waals surface area contributed by atoms with Crippen LogP contribution in [0.1, 0.15) is 24.8 Å². The molecule has 0 bridgehead atoms. The van der Waals surface area contributed by atoms with Crippen molar-refractivity contribution in [2.45, 2.75) is 31.1 Å². The smallest absolute Gasteiger partial charge is 0.286 e. The highest BCUT2D eigenvalue weighted by molar-refractivity contribution is 8.08. The highest BCUT2D eigenvalue weighted by Gasteiger charge is 2.38. The molecule has 0 spiro atoms. The number of carbonyl (C=O) groups excluding carboxylic acids is 1. The van der Waals surface area contributed by atoms with Crippen LogP contribution in [0, 0.1) is 6.92 Å². The molecule has 3 rings (SSSR count). The molecule has 2 aliphatic heterocycles. The third-order valence-corrected chi connectivity index (χ3v) is 5.76. The van der Waals surface area contributed by atoms with Gasteiger partial charge in [0, 0.05) is 20.1 Å². The molecule has 1 saturated heterocycles. The largest absolute Gasteiger partial charge is 0.337 e. The Bertz CT molecular complexity index is 749. The van der Waals surface area contributed by atoms with E-state index in [1.54, 1.807) is 30.1 Å². The number of amides is 1. The Morgan fingerprint density at radius 1 is 1.18 bits per heavy atom. The molecule has 0 atom stereocenters. The highest BCUT2D eigenvalue weighted by atomic mass is 32.2. The number of benzene rings is 1. The molecule has 0 saturated carbocycles. The van der Waals surface area contributed by atoms with Crippen molar-refractivity contribution >= 4 is 26.5 Å². The molecule has 1 aromatic rings. The second-order valence-electron chi connectivity index (χ2n) is 5.76. The van der Waals surface area contributed by atoms with Crippen molar-refractivity contribution < 1.29 is 13.2 Å². The third-order valence-electron chi connectivity index (χ3n) is 4.07. The maximum Gasteiger partial charge on any atom is 0.286 e. The predicted molar refractivity (Wildman–Crippen MR) is 84.6 cm³/mol. The minimum absolute atomic E-state index is 0.149. The number of hydrogen-bond acceptors (Lipinski definition) is 5. The minimum atomic E-state index is -3.86. The number of nitrogens with zero attached hydrogens (tertiary/aromatic N) is 3. The average molecular weight is 321 g/mol. The second-order valence-corrected chi connectivity index (χ2v) is 7.59. The molecule has 0 aliphatic carbocycles. The number of anilines is 1. The van der Waals surface area contributed by atoms with Gasteiger partial charge in [-0.2, -0.15) is 5.10 Å². The van der Waals surface area contributed by atoms with Gasteiger partial charge in [0.15, 0.2) is 0 Å². The Morgan fingerprint density at radius 3 is 2.55 bits per heavy atom. The molecule has 1 amide bonds. The van der Waals surface area contributed by atoms with Crippen LogP contribution in [0.3, 0.4) is 0 Å². The van der Waals surface area contributed by atoms with Crippen molar-refractivity contribution in [3.63, 3.8) is 0 Å². The Balaban J connectivity index is 2.03. The summed E-state index contributed by atoms with van der Waals surface area (Å²) in [4.78, 5) is 14.3. The van der Waals surface area contributed by atoms with Gasteiger partial charge in [0.2, 0.25) is 14.9 Å². The summed E-state index contributed by atoms with van der Waals surface area (Å²) in [6.07, 6.45) is 2.89. The summed E-state index contributed by atoms with van der Waals surface area (Å²) in [5, 5.41) is 5.17. The van der Waals surface area contributed by atoms with E-state index in [2.05, 4.69) is 5.10 Å². The van der Waals surface area contributed by atoms with Gasteiger partial charge in [-0.1, -0.05) is 6.07 Å². The van der Waals surface area contributed by atoms with Gasteiger partial charge >= 0.3 is 0 Å². The van der Waals surface area contributed by atoms with E-state index in [1.807, 2.05) is 6.92 Å². The van der Waals surface area contributed by atoms with Crippen molar-refractivity contribution in [1.82, 2.24) is 4.90 Å². The molecular formula is C15H19N3O3S. The van der Waals surface area contributed by atoms with Gasteiger partial charge in [-0.05, 0) is 43.9 Å². The van der Waals surface area contributed by atoms with Crippen LogP contribution >= 0.6 is 0 Å². The zero-order valence-electron chi connectivity index (χ0n) is 12.7. The van der Waals surface area contributed by atoms with Crippen molar-refractivity contribution in [2.75, 3.05) is 25.1 Å². The van der Waals surface area contributed by atoms with Crippen LogP contribution in [0.2, 0.25) is 0 Å². The van der Waals surface area contributed by atoms with Gasteiger partial charge in [0.25, 0.3) is 5.91 Å². The van der Waals surface area contributed by atoms with Crippen molar-refractivity contribution in [3.05, 3.63) is 23.8 Å². The topological polar surface area (TPSA) is 70.1 Å².